The van der Waals surface area contributed by atoms with Crippen LogP contribution in [0.25, 0.3) is 33.1 Å². The van der Waals surface area contributed by atoms with Gasteiger partial charge in [-0.25, -0.2) is 10.4 Å². The van der Waals surface area contributed by atoms with E-state index < -0.39 is 17.6 Å². The van der Waals surface area contributed by atoms with Crippen molar-refractivity contribution in [2.24, 2.45) is 5.10 Å². The third-order valence-electron chi connectivity index (χ3n) is 5.39. The summed E-state index contributed by atoms with van der Waals surface area (Å²) in [7, 11) is 0. The first kappa shape index (κ1) is 21.4. The van der Waals surface area contributed by atoms with Crippen molar-refractivity contribution in [3.63, 3.8) is 0 Å². The lowest BCUT2D eigenvalue weighted by atomic mass is 10.0. The zero-order valence-electron chi connectivity index (χ0n) is 17.6. The molecule has 0 saturated heterocycles. The van der Waals surface area contributed by atoms with Gasteiger partial charge in [0.1, 0.15) is 5.69 Å². The fourth-order valence-electron chi connectivity index (χ4n) is 3.75. The van der Waals surface area contributed by atoms with Gasteiger partial charge >= 0.3 is 6.18 Å². The number of hydrogen-bond acceptors (Lipinski definition) is 3. The van der Waals surface area contributed by atoms with Gasteiger partial charge in [-0.3, -0.25) is 4.79 Å². The van der Waals surface area contributed by atoms with Gasteiger partial charge in [0.05, 0.1) is 23.0 Å². The average Bonchev–Trinajstić information content (AvgIpc) is 3.22. The Hall–Kier alpha value is -4.46. The number of H-pyrrole nitrogens is 1. The summed E-state index contributed by atoms with van der Waals surface area (Å²) in [4.78, 5) is 20.6. The summed E-state index contributed by atoms with van der Waals surface area (Å²) in [5.41, 5.74) is 4.90. The molecule has 0 radical (unpaired) electrons. The van der Waals surface area contributed by atoms with E-state index in [4.69, 9.17) is 0 Å². The molecule has 168 valence electrons. The molecule has 0 aliphatic carbocycles. The topological polar surface area (TPSA) is 70.1 Å². The first-order valence-corrected chi connectivity index (χ1v) is 10.4. The fourth-order valence-corrected chi connectivity index (χ4v) is 3.75. The maximum absolute atomic E-state index is 13.0. The van der Waals surface area contributed by atoms with Crippen LogP contribution in [0.15, 0.2) is 90.0 Å². The van der Waals surface area contributed by atoms with Gasteiger partial charge in [-0.05, 0) is 29.8 Å². The molecule has 3 aromatic carbocycles. The van der Waals surface area contributed by atoms with Gasteiger partial charge in [-0.2, -0.15) is 18.3 Å². The number of amides is 1. The number of aromatic nitrogens is 2. The number of para-hydroxylation sites is 1. The largest absolute Gasteiger partial charge is 0.416 e. The van der Waals surface area contributed by atoms with Crippen molar-refractivity contribution in [2.45, 2.75) is 6.18 Å². The predicted molar refractivity (Wildman–Crippen MR) is 126 cm³/mol. The van der Waals surface area contributed by atoms with Gasteiger partial charge in [-0.1, -0.05) is 60.7 Å². The molecule has 0 atom stereocenters. The van der Waals surface area contributed by atoms with E-state index in [1.165, 1.54) is 18.3 Å². The Balaban J connectivity index is 1.58. The number of carbonyl (C=O) groups is 1. The highest BCUT2D eigenvalue weighted by molar-refractivity contribution is 6.13. The van der Waals surface area contributed by atoms with Crippen LogP contribution >= 0.6 is 0 Å². The lowest BCUT2D eigenvalue weighted by molar-refractivity contribution is -0.137. The molecule has 2 aromatic heterocycles. The molecule has 5 aromatic rings. The Labute approximate surface area is 192 Å². The first-order valence-electron chi connectivity index (χ1n) is 10.4. The van der Waals surface area contributed by atoms with Gasteiger partial charge in [0.15, 0.2) is 0 Å². The molecule has 0 aliphatic rings. The minimum absolute atomic E-state index is 0.0948. The molecule has 0 spiro atoms. The number of hydrogen-bond donors (Lipinski definition) is 2. The molecule has 5 nitrogen and oxygen atoms in total. The van der Waals surface area contributed by atoms with Crippen molar-refractivity contribution in [1.29, 1.82) is 0 Å². The molecule has 5 rings (SSSR count). The zero-order valence-corrected chi connectivity index (χ0v) is 17.6. The average molecular weight is 458 g/mol. The third kappa shape index (κ3) is 4.13. The summed E-state index contributed by atoms with van der Waals surface area (Å²) < 4.78 is 39.1. The molecule has 1 amide bonds. The molecule has 0 saturated carbocycles. The molecule has 0 aliphatic heterocycles. The lowest BCUT2D eigenvalue weighted by Gasteiger charge is -2.09. The molecule has 34 heavy (non-hydrogen) atoms. The number of hydrazone groups is 1. The monoisotopic (exact) mass is 458 g/mol. The van der Waals surface area contributed by atoms with Gasteiger partial charge < -0.3 is 4.98 Å². The van der Waals surface area contributed by atoms with Crippen molar-refractivity contribution >= 4 is 33.9 Å². The van der Waals surface area contributed by atoms with Gasteiger partial charge in [0.2, 0.25) is 0 Å². The number of rotatable bonds is 4. The second-order valence-electron chi connectivity index (χ2n) is 7.63. The highest BCUT2D eigenvalue weighted by Crippen LogP contribution is 2.35. The van der Waals surface area contributed by atoms with Crippen LogP contribution in [0.1, 0.15) is 21.6 Å². The number of aromatic amines is 1. The Kier molecular flexibility index (Phi) is 5.33. The molecular formula is C26H17F3N4O. The van der Waals surface area contributed by atoms with E-state index in [2.05, 4.69) is 20.5 Å². The number of halogens is 3. The molecule has 2 N–H and O–H groups in total. The number of alkyl halides is 3. The van der Waals surface area contributed by atoms with Crippen LogP contribution in [-0.2, 0) is 6.18 Å². The number of carbonyl (C=O) groups excluding carboxylic acids is 1. The second-order valence-corrected chi connectivity index (χ2v) is 7.63. The SMILES string of the molecule is O=C(N/N=C\c1ccccc1)c1cc2c([nH]c3ccccc32)c(-c2ccc(C(F)(F)F)cc2)n1. The highest BCUT2D eigenvalue weighted by Gasteiger charge is 2.30. The van der Waals surface area contributed by atoms with Crippen molar-refractivity contribution in [3.8, 4) is 11.3 Å². The predicted octanol–water partition coefficient (Wildman–Crippen LogP) is 6.17. The van der Waals surface area contributed by atoms with E-state index >= 15 is 0 Å². The number of benzene rings is 3. The smallest absolute Gasteiger partial charge is 0.353 e. The standard InChI is InChI=1S/C26H17F3N4O/c27-26(28,29)18-12-10-17(11-13-18)23-24-20(19-8-4-5-9-21(19)31-24)14-22(32-23)25(34)33-30-15-16-6-2-1-3-7-16/h1-15,31H,(H,33,34)/b30-15-. The summed E-state index contributed by atoms with van der Waals surface area (Å²) in [6.07, 6.45) is -2.93. The number of pyridine rings is 1. The second kappa shape index (κ2) is 8.47. The zero-order chi connectivity index (χ0) is 23.7. The van der Waals surface area contributed by atoms with Crippen molar-refractivity contribution < 1.29 is 18.0 Å². The van der Waals surface area contributed by atoms with Gasteiger partial charge in [-0.15, -0.1) is 0 Å². The lowest BCUT2D eigenvalue weighted by Crippen LogP contribution is -2.19. The van der Waals surface area contributed by atoms with Crippen LogP contribution in [0.2, 0.25) is 0 Å². The van der Waals surface area contributed by atoms with E-state index in [-0.39, 0.29) is 5.69 Å². The fraction of sp³-hybridized carbons (Fsp3) is 0.0385. The van der Waals surface area contributed by atoms with Crippen molar-refractivity contribution in [2.75, 3.05) is 0 Å². The van der Waals surface area contributed by atoms with Gasteiger partial charge in [0.25, 0.3) is 5.91 Å². The van der Waals surface area contributed by atoms with Crippen LogP contribution in [0.3, 0.4) is 0 Å². The van der Waals surface area contributed by atoms with Gasteiger partial charge in [0, 0.05) is 21.9 Å². The van der Waals surface area contributed by atoms with E-state index in [1.807, 2.05) is 54.6 Å². The molecule has 0 bridgehead atoms. The Morgan fingerprint density at radius 2 is 1.62 bits per heavy atom. The van der Waals surface area contributed by atoms with Crippen LogP contribution in [0.4, 0.5) is 13.2 Å². The summed E-state index contributed by atoms with van der Waals surface area (Å²) in [5.74, 6) is -0.535. The molecule has 2 heterocycles. The minimum atomic E-state index is -4.44. The van der Waals surface area contributed by atoms with E-state index in [9.17, 15) is 18.0 Å². The van der Waals surface area contributed by atoms with Crippen molar-refractivity contribution in [3.05, 3.63) is 102 Å². The molecule has 8 heteroatoms. The van der Waals surface area contributed by atoms with Crippen LogP contribution in [0, 0.1) is 0 Å². The summed E-state index contributed by atoms with van der Waals surface area (Å²) in [6.45, 7) is 0. The number of nitrogens with one attached hydrogen (secondary N) is 2. The highest BCUT2D eigenvalue weighted by atomic mass is 19.4. The molecule has 0 fully saturated rings. The molecule has 0 unspecified atom stereocenters. The quantitative estimate of drug-likeness (QED) is 0.250. The van der Waals surface area contributed by atoms with E-state index in [0.717, 1.165) is 34.0 Å². The Bertz CT molecular complexity index is 1520. The summed E-state index contributed by atoms with van der Waals surface area (Å²) in [6, 6.07) is 23.2. The van der Waals surface area contributed by atoms with Crippen LogP contribution < -0.4 is 5.43 Å². The number of nitrogens with zero attached hydrogens (tertiary/aromatic N) is 2. The van der Waals surface area contributed by atoms with E-state index in [1.54, 1.807) is 6.07 Å². The number of fused-ring (bicyclic) bond motifs is 3. The summed E-state index contributed by atoms with van der Waals surface area (Å²) in [5, 5.41) is 5.60. The Morgan fingerprint density at radius 1 is 0.912 bits per heavy atom. The Morgan fingerprint density at radius 3 is 2.35 bits per heavy atom. The molecular weight excluding hydrogens is 441 g/mol. The maximum Gasteiger partial charge on any atom is 0.416 e. The van der Waals surface area contributed by atoms with Crippen molar-refractivity contribution in [1.82, 2.24) is 15.4 Å². The van der Waals surface area contributed by atoms with Crippen LogP contribution in [0.5, 0.6) is 0 Å². The third-order valence-corrected chi connectivity index (χ3v) is 5.39. The van der Waals surface area contributed by atoms with E-state index in [0.29, 0.717) is 16.8 Å². The normalized spacial score (nSPS) is 12.0. The first-order chi connectivity index (χ1) is 16.4. The summed E-state index contributed by atoms with van der Waals surface area (Å²) >= 11 is 0. The van der Waals surface area contributed by atoms with Crippen LogP contribution in [-0.4, -0.2) is 22.1 Å². The maximum atomic E-state index is 13.0. The minimum Gasteiger partial charge on any atom is -0.353 e.